The molecule has 0 aliphatic rings. The first-order valence-electron chi connectivity index (χ1n) is 4.48. The van der Waals surface area contributed by atoms with Crippen LogP contribution in [0, 0.1) is 0 Å². The molecular formula is C10H13F2NO2. The maximum atomic E-state index is 11.8. The molecule has 1 aromatic carbocycles. The molecule has 0 saturated heterocycles. The molecule has 0 unspecified atom stereocenters. The maximum Gasteiger partial charge on any atom is 0.250 e. The monoisotopic (exact) mass is 217 g/mol. The minimum atomic E-state index is -2.38. The van der Waals surface area contributed by atoms with Crippen molar-refractivity contribution in [1.29, 1.82) is 0 Å². The van der Waals surface area contributed by atoms with Gasteiger partial charge in [0.15, 0.2) is 0 Å². The lowest BCUT2D eigenvalue weighted by Gasteiger charge is -2.07. The highest BCUT2D eigenvalue weighted by Crippen LogP contribution is 2.22. The van der Waals surface area contributed by atoms with E-state index in [0.717, 1.165) is 0 Å². The van der Waals surface area contributed by atoms with Gasteiger partial charge in [-0.05, 0) is 6.07 Å². The zero-order valence-electron chi connectivity index (χ0n) is 8.34. The standard InChI is InChI=1S/C10H13F2NO2/c1-15-8-3-2-7(9(14)4-8)5-13-6-10(11)12/h2-4,10,13-14H,5-6H2,1H3. The van der Waals surface area contributed by atoms with E-state index < -0.39 is 6.43 Å². The molecule has 0 fully saturated rings. The molecule has 0 amide bonds. The third-order valence-electron chi connectivity index (χ3n) is 1.91. The fourth-order valence-electron chi connectivity index (χ4n) is 1.14. The fraction of sp³-hybridized carbons (Fsp3) is 0.400. The summed E-state index contributed by atoms with van der Waals surface area (Å²) in [5.41, 5.74) is 0.566. The highest BCUT2D eigenvalue weighted by molar-refractivity contribution is 5.39. The summed E-state index contributed by atoms with van der Waals surface area (Å²) in [5.74, 6) is 0.571. The third kappa shape index (κ3) is 3.71. The van der Waals surface area contributed by atoms with Crippen LogP contribution in [0.2, 0.25) is 0 Å². The van der Waals surface area contributed by atoms with Crippen LogP contribution in [0.15, 0.2) is 18.2 Å². The van der Waals surface area contributed by atoms with Crippen molar-refractivity contribution >= 4 is 0 Å². The lowest BCUT2D eigenvalue weighted by molar-refractivity contribution is 0.145. The molecule has 5 heteroatoms. The van der Waals surface area contributed by atoms with Crippen molar-refractivity contribution in [3.8, 4) is 11.5 Å². The van der Waals surface area contributed by atoms with E-state index in [9.17, 15) is 13.9 Å². The lowest BCUT2D eigenvalue weighted by atomic mass is 10.2. The molecule has 0 aliphatic carbocycles. The van der Waals surface area contributed by atoms with Crippen molar-refractivity contribution in [3.63, 3.8) is 0 Å². The van der Waals surface area contributed by atoms with E-state index >= 15 is 0 Å². The molecular weight excluding hydrogens is 204 g/mol. The average Bonchev–Trinajstić information content (AvgIpc) is 2.20. The van der Waals surface area contributed by atoms with Crippen LogP contribution in [0.1, 0.15) is 5.56 Å². The number of ether oxygens (including phenoxy) is 1. The van der Waals surface area contributed by atoms with Gasteiger partial charge in [-0.25, -0.2) is 8.78 Å². The highest BCUT2D eigenvalue weighted by Gasteiger charge is 2.05. The van der Waals surface area contributed by atoms with Crippen LogP contribution in [0.3, 0.4) is 0 Å². The highest BCUT2D eigenvalue weighted by atomic mass is 19.3. The minimum absolute atomic E-state index is 0.0381. The van der Waals surface area contributed by atoms with E-state index in [2.05, 4.69) is 5.32 Å². The van der Waals surface area contributed by atoms with Gasteiger partial charge in [0.1, 0.15) is 11.5 Å². The predicted octanol–water partition coefficient (Wildman–Crippen LogP) is 1.76. The summed E-state index contributed by atoms with van der Waals surface area (Å²) in [4.78, 5) is 0. The van der Waals surface area contributed by atoms with Crippen LogP contribution in [0.4, 0.5) is 8.78 Å². The SMILES string of the molecule is COc1ccc(CNCC(F)F)c(O)c1. The van der Waals surface area contributed by atoms with Crippen LogP contribution in [-0.4, -0.2) is 25.2 Å². The van der Waals surface area contributed by atoms with E-state index in [1.54, 1.807) is 12.1 Å². The van der Waals surface area contributed by atoms with Crippen molar-refractivity contribution in [2.45, 2.75) is 13.0 Å². The zero-order chi connectivity index (χ0) is 11.3. The first kappa shape index (κ1) is 11.7. The summed E-state index contributed by atoms with van der Waals surface area (Å²) >= 11 is 0. The Kier molecular flexibility index (Phi) is 4.30. The Morgan fingerprint density at radius 2 is 2.20 bits per heavy atom. The number of nitrogens with one attached hydrogen (secondary N) is 1. The number of rotatable bonds is 5. The van der Waals surface area contributed by atoms with Crippen LogP contribution in [-0.2, 0) is 6.54 Å². The quantitative estimate of drug-likeness (QED) is 0.789. The largest absolute Gasteiger partial charge is 0.507 e. The first-order chi connectivity index (χ1) is 7.13. The number of benzene rings is 1. The van der Waals surface area contributed by atoms with Gasteiger partial charge in [-0.3, -0.25) is 0 Å². The zero-order valence-corrected chi connectivity index (χ0v) is 8.34. The van der Waals surface area contributed by atoms with Crippen molar-refractivity contribution in [2.24, 2.45) is 0 Å². The van der Waals surface area contributed by atoms with Crippen molar-refractivity contribution < 1.29 is 18.6 Å². The second-order valence-corrected chi connectivity index (χ2v) is 3.02. The topological polar surface area (TPSA) is 41.5 Å². The number of phenolic OH excluding ortho intramolecular Hbond substituents is 1. The van der Waals surface area contributed by atoms with Gasteiger partial charge in [-0.2, -0.15) is 0 Å². The molecule has 1 aromatic rings. The molecule has 0 spiro atoms. The smallest absolute Gasteiger partial charge is 0.250 e. The second kappa shape index (κ2) is 5.50. The molecule has 2 N–H and O–H groups in total. The molecule has 0 bridgehead atoms. The van der Waals surface area contributed by atoms with Crippen molar-refractivity contribution in [3.05, 3.63) is 23.8 Å². The van der Waals surface area contributed by atoms with Gasteiger partial charge in [-0.1, -0.05) is 6.07 Å². The molecule has 0 saturated carbocycles. The van der Waals surface area contributed by atoms with Crippen LogP contribution < -0.4 is 10.1 Å². The van der Waals surface area contributed by atoms with Crippen molar-refractivity contribution in [2.75, 3.05) is 13.7 Å². The van der Waals surface area contributed by atoms with Gasteiger partial charge in [-0.15, -0.1) is 0 Å². The number of hydrogen-bond donors (Lipinski definition) is 2. The van der Waals surface area contributed by atoms with Crippen molar-refractivity contribution in [1.82, 2.24) is 5.32 Å². The number of halogens is 2. The lowest BCUT2D eigenvalue weighted by Crippen LogP contribution is -2.20. The van der Waals surface area contributed by atoms with E-state index in [-0.39, 0.29) is 18.8 Å². The summed E-state index contributed by atoms with van der Waals surface area (Å²) < 4.78 is 28.5. The Morgan fingerprint density at radius 3 is 2.73 bits per heavy atom. The minimum Gasteiger partial charge on any atom is -0.507 e. The molecule has 0 heterocycles. The predicted molar refractivity (Wildman–Crippen MR) is 52.4 cm³/mol. The summed E-state index contributed by atoms with van der Waals surface area (Å²) in [6, 6.07) is 4.74. The average molecular weight is 217 g/mol. The molecule has 84 valence electrons. The van der Waals surface area contributed by atoms with Crippen LogP contribution >= 0.6 is 0 Å². The van der Waals surface area contributed by atoms with E-state index in [0.29, 0.717) is 11.3 Å². The molecule has 0 aromatic heterocycles. The molecule has 0 radical (unpaired) electrons. The van der Waals surface area contributed by atoms with E-state index in [4.69, 9.17) is 4.74 Å². The number of phenols is 1. The number of hydrogen-bond acceptors (Lipinski definition) is 3. The number of methoxy groups -OCH3 is 1. The summed E-state index contributed by atoms with van der Waals surface area (Å²) in [7, 11) is 1.49. The Morgan fingerprint density at radius 1 is 1.47 bits per heavy atom. The number of aromatic hydroxyl groups is 1. The maximum absolute atomic E-state index is 11.8. The van der Waals surface area contributed by atoms with Gasteiger partial charge in [0.25, 0.3) is 6.43 Å². The first-order valence-corrected chi connectivity index (χ1v) is 4.48. The third-order valence-corrected chi connectivity index (χ3v) is 1.91. The Hall–Kier alpha value is -1.36. The summed E-state index contributed by atoms with van der Waals surface area (Å²) in [6.45, 7) is -0.175. The molecule has 0 aliphatic heterocycles. The Bertz CT molecular complexity index is 318. The Balaban J connectivity index is 2.54. The Labute approximate surface area is 86.7 Å². The molecule has 3 nitrogen and oxygen atoms in total. The normalized spacial score (nSPS) is 10.7. The molecule has 1 rings (SSSR count). The van der Waals surface area contributed by atoms with Gasteiger partial charge >= 0.3 is 0 Å². The number of alkyl halides is 2. The van der Waals surface area contributed by atoms with E-state index in [1.807, 2.05) is 0 Å². The fourth-order valence-corrected chi connectivity index (χ4v) is 1.14. The van der Waals surface area contributed by atoms with Gasteiger partial charge in [0, 0.05) is 18.2 Å². The van der Waals surface area contributed by atoms with Gasteiger partial charge < -0.3 is 15.2 Å². The van der Waals surface area contributed by atoms with Crippen LogP contribution in [0.25, 0.3) is 0 Å². The summed E-state index contributed by atoms with van der Waals surface area (Å²) in [5, 5.41) is 12.0. The van der Waals surface area contributed by atoms with E-state index in [1.165, 1.54) is 13.2 Å². The second-order valence-electron chi connectivity index (χ2n) is 3.02. The van der Waals surface area contributed by atoms with Gasteiger partial charge in [0.05, 0.1) is 13.7 Å². The molecule has 15 heavy (non-hydrogen) atoms. The van der Waals surface area contributed by atoms with Crippen LogP contribution in [0.5, 0.6) is 11.5 Å². The summed E-state index contributed by atoms with van der Waals surface area (Å²) in [6.07, 6.45) is -2.38. The van der Waals surface area contributed by atoms with Gasteiger partial charge in [0.2, 0.25) is 0 Å². The molecule has 0 atom stereocenters.